The van der Waals surface area contributed by atoms with Gasteiger partial charge in [-0.2, -0.15) is 0 Å². The predicted molar refractivity (Wildman–Crippen MR) is 66.9 cm³/mol. The van der Waals surface area contributed by atoms with Crippen LogP contribution in [-0.2, 0) is 0 Å². The molecule has 0 spiro atoms. The fourth-order valence-electron chi connectivity index (χ4n) is 1.34. The molecule has 18 heavy (non-hydrogen) atoms. The zero-order valence-corrected chi connectivity index (χ0v) is 12.8. The Bertz CT molecular complexity index is 584. The molecule has 1 heterocycles. The van der Waals surface area contributed by atoms with Crippen LogP contribution < -0.4 is 9.35 Å². The van der Waals surface area contributed by atoms with Gasteiger partial charge in [0.25, 0.3) is 0 Å². The number of fused-ring (bicyclic) bond motifs is 1. The minimum absolute atomic E-state index is 0.173. The van der Waals surface area contributed by atoms with E-state index in [1.165, 1.54) is 0 Å². The number of nitrogens with zero attached hydrogens (tertiary/aromatic N) is 2. The molecule has 0 aliphatic rings. The number of ether oxygens (including phenoxy) is 1. The Hall–Kier alpha value is -0.812. The molecule has 3 nitrogen and oxygen atoms in total. The molecule has 2 aromatic rings. The van der Waals surface area contributed by atoms with Crippen LogP contribution in [0.2, 0.25) is 0 Å². The second kappa shape index (κ2) is 5.45. The van der Waals surface area contributed by atoms with Gasteiger partial charge in [-0.25, -0.2) is 0 Å². The summed E-state index contributed by atoms with van der Waals surface area (Å²) in [5.41, 5.74) is 0.518. The van der Waals surface area contributed by atoms with Crippen molar-refractivity contribution in [1.29, 1.82) is 0 Å². The quantitative estimate of drug-likeness (QED) is 0.756. The first-order valence-corrected chi connectivity index (χ1v) is 6.79. The SMILES string of the molecule is FC(F)C(F)Oc1nc([AsH2])nc2ccc(Br)cc12. The van der Waals surface area contributed by atoms with Crippen molar-refractivity contribution in [3.8, 4) is 5.88 Å². The molecule has 0 aliphatic heterocycles. The van der Waals surface area contributed by atoms with Gasteiger partial charge in [-0.05, 0) is 0 Å². The molecule has 1 aromatic heterocycles. The van der Waals surface area contributed by atoms with Crippen molar-refractivity contribution in [3.05, 3.63) is 22.7 Å². The van der Waals surface area contributed by atoms with Gasteiger partial charge < -0.3 is 0 Å². The Balaban J connectivity index is 2.51. The van der Waals surface area contributed by atoms with Crippen LogP contribution in [0, 0.1) is 0 Å². The van der Waals surface area contributed by atoms with Gasteiger partial charge in [-0.3, -0.25) is 0 Å². The summed E-state index contributed by atoms with van der Waals surface area (Å²) in [6.07, 6.45) is -5.91. The molecule has 0 radical (unpaired) electrons. The van der Waals surface area contributed by atoms with Crippen LogP contribution in [0.5, 0.6) is 5.88 Å². The predicted octanol–water partition coefficient (Wildman–Crippen LogP) is 1.59. The topological polar surface area (TPSA) is 35.0 Å². The Morgan fingerprint density at radius 1 is 1.22 bits per heavy atom. The molecule has 0 saturated heterocycles. The van der Waals surface area contributed by atoms with Gasteiger partial charge in [-0.15, -0.1) is 0 Å². The van der Waals surface area contributed by atoms with E-state index in [0.717, 1.165) is 16.9 Å². The number of aromatic nitrogens is 2. The van der Waals surface area contributed by atoms with Gasteiger partial charge in [0.1, 0.15) is 0 Å². The van der Waals surface area contributed by atoms with Crippen LogP contribution in [0.4, 0.5) is 13.2 Å². The molecule has 2 atom stereocenters. The minimum atomic E-state index is -3.21. The van der Waals surface area contributed by atoms with Gasteiger partial charge in [0.15, 0.2) is 0 Å². The van der Waals surface area contributed by atoms with Crippen molar-refractivity contribution in [3.63, 3.8) is 0 Å². The number of hydrogen-bond donors (Lipinski definition) is 0. The van der Waals surface area contributed by atoms with Crippen LogP contribution in [0.25, 0.3) is 10.9 Å². The monoisotopic (exact) mass is 382 g/mol. The molecule has 8 heteroatoms. The second-order valence-electron chi connectivity index (χ2n) is 3.35. The summed E-state index contributed by atoms with van der Waals surface area (Å²) in [4.78, 5) is 8.00. The van der Waals surface area contributed by atoms with Crippen LogP contribution >= 0.6 is 15.9 Å². The van der Waals surface area contributed by atoms with E-state index in [2.05, 4.69) is 30.6 Å². The average Bonchev–Trinajstić information content (AvgIpc) is 2.29. The normalized spacial score (nSPS) is 13.0. The van der Waals surface area contributed by atoms with E-state index in [-0.39, 0.29) is 5.88 Å². The third-order valence-corrected chi connectivity index (χ3v) is 3.10. The first-order valence-electron chi connectivity index (χ1n) is 4.79. The molecule has 0 amide bonds. The number of hydrogen-bond acceptors (Lipinski definition) is 3. The molecular weight excluding hydrogens is 376 g/mol. The average molecular weight is 383 g/mol. The summed E-state index contributed by atoms with van der Waals surface area (Å²) in [5.74, 6) is -0.173. The van der Waals surface area contributed by atoms with Crippen molar-refractivity contribution >= 4 is 48.3 Å². The van der Waals surface area contributed by atoms with E-state index in [9.17, 15) is 13.2 Å². The molecule has 0 saturated carbocycles. The van der Waals surface area contributed by atoms with Crippen molar-refractivity contribution in [1.82, 2.24) is 9.97 Å². The Kier molecular flexibility index (Phi) is 4.12. The zero-order valence-electron chi connectivity index (χ0n) is 8.78. The maximum absolute atomic E-state index is 12.9. The van der Waals surface area contributed by atoms with Gasteiger partial charge in [0.2, 0.25) is 0 Å². The third-order valence-electron chi connectivity index (χ3n) is 2.06. The van der Waals surface area contributed by atoms with E-state index in [0.29, 0.717) is 20.0 Å². The van der Waals surface area contributed by atoms with Crippen molar-refractivity contribution in [2.45, 2.75) is 12.8 Å². The first-order chi connectivity index (χ1) is 8.47. The summed E-state index contributed by atoms with van der Waals surface area (Å²) in [5, 5.41) is 0.383. The zero-order chi connectivity index (χ0) is 13.3. The van der Waals surface area contributed by atoms with Crippen molar-refractivity contribution in [2.24, 2.45) is 0 Å². The van der Waals surface area contributed by atoms with Gasteiger partial charge in [-0.1, -0.05) is 0 Å². The van der Waals surface area contributed by atoms with Crippen molar-refractivity contribution in [2.75, 3.05) is 0 Å². The van der Waals surface area contributed by atoms with Crippen LogP contribution in [0.15, 0.2) is 22.7 Å². The standard InChI is InChI=1S/C10H7AsBrF3N2O/c11-10-16-6-2-1-4(12)3-5(6)9(17-10)18-8(15)7(13)14/h1-3,7-8H,11H2. The fraction of sp³-hybridized carbons (Fsp3) is 0.200. The van der Waals surface area contributed by atoms with E-state index in [1.54, 1.807) is 18.2 Å². The van der Waals surface area contributed by atoms with Crippen LogP contribution in [0.1, 0.15) is 0 Å². The molecule has 0 fully saturated rings. The summed E-state index contributed by atoms with van der Waals surface area (Å²) < 4.78 is 42.9. The molecule has 0 aliphatic carbocycles. The Labute approximate surface area is 117 Å². The number of benzene rings is 1. The molecular formula is C10H7AsBrF3N2O. The molecule has 2 unspecified atom stereocenters. The Morgan fingerprint density at radius 2 is 1.94 bits per heavy atom. The molecule has 0 N–H and O–H groups in total. The summed E-state index contributed by atoms with van der Waals surface area (Å²) in [6, 6.07) is 5.01. The second-order valence-corrected chi connectivity index (χ2v) is 5.35. The first kappa shape index (κ1) is 13.6. The fourth-order valence-corrected chi connectivity index (χ4v) is 2.24. The third kappa shape index (κ3) is 2.95. The molecule has 2 rings (SSSR count). The van der Waals surface area contributed by atoms with Gasteiger partial charge >= 0.3 is 118 Å². The van der Waals surface area contributed by atoms with Crippen LogP contribution in [0.3, 0.4) is 0 Å². The van der Waals surface area contributed by atoms with Gasteiger partial charge in [0, 0.05) is 0 Å². The summed E-state index contributed by atoms with van der Waals surface area (Å²) >= 11 is 4.33. The van der Waals surface area contributed by atoms with Crippen LogP contribution in [-0.4, -0.2) is 39.6 Å². The Morgan fingerprint density at radius 3 is 2.61 bits per heavy atom. The van der Waals surface area contributed by atoms with E-state index >= 15 is 0 Å². The van der Waals surface area contributed by atoms with Crippen molar-refractivity contribution < 1.29 is 17.9 Å². The van der Waals surface area contributed by atoms with E-state index in [1.807, 2.05) is 0 Å². The van der Waals surface area contributed by atoms with E-state index < -0.39 is 12.8 Å². The van der Waals surface area contributed by atoms with E-state index in [4.69, 9.17) is 0 Å². The maximum atomic E-state index is 12.9. The molecule has 96 valence electrons. The number of alkyl halides is 3. The number of halogens is 4. The van der Waals surface area contributed by atoms with Gasteiger partial charge in [0.05, 0.1) is 0 Å². The molecule has 1 aromatic carbocycles. The number of rotatable bonds is 3. The molecule has 0 bridgehead atoms. The summed E-state index contributed by atoms with van der Waals surface area (Å²) in [7, 11) is 0. The summed E-state index contributed by atoms with van der Waals surface area (Å²) in [6.45, 7) is 0.